The van der Waals surface area contributed by atoms with Crippen LogP contribution in [0.1, 0.15) is 25.8 Å². The molecule has 0 saturated carbocycles. The highest BCUT2D eigenvalue weighted by atomic mass is 32.2. The summed E-state index contributed by atoms with van der Waals surface area (Å²) >= 11 is 1.73. The minimum atomic E-state index is 0.147. The van der Waals surface area contributed by atoms with Gasteiger partial charge in [0, 0.05) is 10.5 Å². The number of thioether (sulfide) groups is 1. The highest BCUT2D eigenvalue weighted by Gasteiger charge is 2.11. The molecule has 1 heterocycles. The molecule has 1 N–H and O–H groups in total. The molecule has 1 atom stereocenters. The molecule has 0 aliphatic rings. The zero-order valence-corrected chi connectivity index (χ0v) is 11.8. The summed E-state index contributed by atoms with van der Waals surface area (Å²) in [5.41, 5.74) is 1.07. The van der Waals surface area contributed by atoms with Gasteiger partial charge in [0.15, 0.2) is 5.76 Å². The molecular weight excluding hydrogens is 244 g/mol. The molecule has 2 aromatic rings. The molecule has 1 unspecified atom stereocenters. The van der Waals surface area contributed by atoms with E-state index in [-0.39, 0.29) is 6.04 Å². The molecule has 96 valence electrons. The Morgan fingerprint density at radius 3 is 2.67 bits per heavy atom. The minimum Gasteiger partial charge on any atom is -0.439 e. The Labute approximate surface area is 112 Å². The van der Waals surface area contributed by atoms with E-state index in [1.807, 2.05) is 0 Å². The first-order valence-corrected chi connectivity index (χ1v) is 7.30. The first-order chi connectivity index (χ1) is 8.74. The summed E-state index contributed by atoms with van der Waals surface area (Å²) in [5, 5.41) is 3.29. The number of hydrogen-bond donors (Lipinski definition) is 1. The molecule has 3 nitrogen and oxygen atoms in total. The van der Waals surface area contributed by atoms with Gasteiger partial charge in [0.2, 0.25) is 5.89 Å². The van der Waals surface area contributed by atoms with Gasteiger partial charge in [-0.15, -0.1) is 11.8 Å². The summed E-state index contributed by atoms with van der Waals surface area (Å²) < 4.78 is 5.78. The predicted molar refractivity (Wildman–Crippen MR) is 75.8 cm³/mol. The average Bonchev–Trinajstić information content (AvgIpc) is 2.89. The van der Waals surface area contributed by atoms with Gasteiger partial charge in [0.05, 0.1) is 12.2 Å². The van der Waals surface area contributed by atoms with Crippen LogP contribution in [0.4, 0.5) is 0 Å². The lowest BCUT2D eigenvalue weighted by atomic mass is 10.2. The molecule has 0 bridgehead atoms. The second kappa shape index (κ2) is 6.07. The van der Waals surface area contributed by atoms with Gasteiger partial charge in [-0.1, -0.05) is 19.1 Å². The summed E-state index contributed by atoms with van der Waals surface area (Å²) in [6, 6.07) is 8.46. The Balaban J connectivity index is 2.18. The fraction of sp³-hybridized carbons (Fsp3) is 0.357. The van der Waals surface area contributed by atoms with Crippen LogP contribution >= 0.6 is 11.8 Å². The molecular formula is C14H18N2OS. The molecule has 1 aromatic heterocycles. The molecule has 0 aliphatic heterocycles. The van der Waals surface area contributed by atoms with E-state index in [4.69, 9.17) is 4.42 Å². The molecule has 0 radical (unpaired) electrons. The first-order valence-electron chi connectivity index (χ1n) is 6.08. The standard InChI is InChI=1S/C14H18N2OS/c1-4-15-10(2)14-16-9-13(17-14)11-5-7-12(18-3)8-6-11/h5-10,15H,4H2,1-3H3. The van der Waals surface area contributed by atoms with Crippen LogP contribution in [-0.2, 0) is 0 Å². The van der Waals surface area contributed by atoms with Crippen molar-refractivity contribution in [2.75, 3.05) is 12.8 Å². The molecule has 0 aliphatic carbocycles. The van der Waals surface area contributed by atoms with Crippen molar-refractivity contribution >= 4 is 11.8 Å². The maximum absolute atomic E-state index is 5.78. The Morgan fingerprint density at radius 2 is 2.06 bits per heavy atom. The van der Waals surface area contributed by atoms with Crippen LogP contribution < -0.4 is 5.32 Å². The summed E-state index contributed by atoms with van der Waals surface area (Å²) in [6.07, 6.45) is 3.86. The van der Waals surface area contributed by atoms with Crippen molar-refractivity contribution in [3.05, 3.63) is 36.4 Å². The Bertz CT molecular complexity index is 493. The Kier molecular flexibility index (Phi) is 4.44. The van der Waals surface area contributed by atoms with E-state index >= 15 is 0 Å². The van der Waals surface area contributed by atoms with Crippen molar-refractivity contribution in [3.63, 3.8) is 0 Å². The molecule has 18 heavy (non-hydrogen) atoms. The fourth-order valence-electron chi connectivity index (χ4n) is 1.77. The monoisotopic (exact) mass is 262 g/mol. The van der Waals surface area contributed by atoms with Crippen molar-refractivity contribution in [1.29, 1.82) is 0 Å². The smallest absolute Gasteiger partial charge is 0.211 e. The number of nitrogens with zero attached hydrogens (tertiary/aromatic N) is 1. The van der Waals surface area contributed by atoms with Crippen LogP contribution in [0.15, 0.2) is 39.8 Å². The van der Waals surface area contributed by atoms with Crippen LogP contribution in [-0.4, -0.2) is 17.8 Å². The topological polar surface area (TPSA) is 38.1 Å². The van der Waals surface area contributed by atoms with Crippen molar-refractivity contribution in [2.45, 2.75) is 24.8 Å². The summed E-state index contributed by atoms with van der Waals surface area (Å²) in [6.45, 7) is 5.03. The second-order valence-electron chi connectivity index (χ2n) is 4.07. The van der Waals surface area contributed by atoms with E-state index in [2.05, 4.69) is 54.7 Å². The number of nitrogens with one attached hydrogen (secondary N) is 1. The van der Waals surface area contributed by atoms with E-state index in [0.29, 0.717) is 0 Å². The van der Waals surface area contributed by atoms with E-state index in [1.54, 1.807) is 18.0 Å². The molecule has 1 aromatic carbocycles. The van der Waals surface area contributed by atoms with Crippen molar-refractivity contribution in [2.24, 2.45) is 0 Å². The third-order valence-corrected chi connectivity index (χ3v) is 3.52. The molecule has 0 saturated heterocycles. The number of hydrogen-bond acceptors (Lipinski definition) is 4. The van der Waals surface area contributed by atoms with Crippen LogP contribution in [0.3, 0.4) is 0 Å². The minimum absolute atomic E-state index is 0.147. The Hall–Kier alpha value is -1.26. The van der Waals surface area contributed by atoms with Gasteiger partial charge in [0.1, 0.15) is 0 Å². The molecule has 0 spiro atoms. The first kappa shape index (κ1) is 13.2. The van der Waals surface area contributed by atoms with Crippen LogP contribution in [0.25, 0.3) is 11.3 Å². The highest BCUT2D eigenvalue weighted by molar-refractivity contribution is 7.98. The summed E-state index contributed by atoms with van der Waals surface area (Å²) in [5.74, 6) is 1.56. The second-order valence-corrected chi connectivity index (χ2v) is 4.95. The molecule has 0 fully saturated rings. The fourth-order valence-corrected chi connectivity index (χ4v) is 2.18. The van der Waals surface area contributed by atoms with Gasteiger partial charge in [-0.2, -0.15) is 0 Å². The zero-order chi connectivity index (χ0) is 13.0. The van der Waals surface area contributed by atoms with E-state index in [0.717, 1.165) is 23.8 Å². The maximum Gasteiger partial charge on any atom is 0.211 e. The van der Waals surface area contributed by atoms with Crippen molar-refractivity contribution in [1.82, 2.24) is 10.3 Å². The zero-order valence-electron chi connectivity index (χ0n) is 10.9. The van der Waals surface area contributed by atoms with Gasteiger partial charge in [0.25, 0.3) is 0 Å². The van der Waals surface area contributed by atoms with Crippen LogP contribution in [0, 0.1) is 0 Å². The van der Waals surface area contributed by atoms with Gasteiger partial charge >= 0.3 is 0 Å². The number of aromatic nitrogens is 1. The van der Waals surface area contributed by atoms with E-state index < -0.39 is 0 Å². The lowest BCUT2D eigenvalue weighted by Gasteiger charge is -2.06. The lowest BCUT2D eigenvalue weighted by Crippen LogP contribution is -2.17. The third kappa shape index (κ3) is 2.94. The molecule has 4 heteroatoms. The van der Waals surface area contributed by atoms with Gasteiger partial charge < -0.3 is 9.73 Å². The SMILES string of the molecule is CCNC(C)c1ncc(-c2ccc(SC)cc2)o1. The third-order valence-electron chi connectivity index (χ3n) is 2.78. The Morgan fingerprint density at radius 1 is 1.33 bits per heavy atom. The average molecular weight is 262 g/mol. The lowest BCUT2D eigenvalue weighted by molar-refractivity contribution is 0.429. The van der Waals surface area contributed by atoms with Gasteiger partial charge in [-0.3, -0.25) is 0 Å². The maximum atomic E-state index is 5.78. The largest absolute Gasteiger partial charge is 0.439 e. The van der Waals surface area contributed by atoms with Crippen LogP contribution in [0.5, 0.6) is 0 Å². The number of benzene rings is 1. The van der Waals surface area contributed by atoms with E-state index in [9.17, 15) is 0 Å². The van der Waals surface area contributed by atoms with Gasteiger partial charge in [-0.25, -0.2) is 4.98 Å². The van der Waals surface area contributed by atoms with Crippen molar-refractivity contribution in [3.8, 4) is 11.3 Å². The van der Waals surface area contributed by atoms with E-state index in [1.165, 1.54) is 4.90 Å². The predicted octanol–water partition coefficient (Wildman–Crippen LogP) is 3.73. The normalized spacial score (nSPS) is 12.6. The number of rotatable bonds is 5. The van der Waals surface area contributed by atoms with Gasteiger partial charge in [-0.05, 0) is 31.9 Å². The van der Waals surface area contributed by atoms with Crippen molar-refractivity contribution < 1.29 is 4.42 Å². The summed E-state index contributed by atoms with van der Waals surface area (Å²) in [7, 11) is 0. The highest BCUT2D eigenvalue weighted by Crippen LogP contribution is 2.25. The molecule has 2 rings (SSSR count). The summed E-state index contributed by atoms with van der Waals surface area (Å²) in [4.78, 5) is 5.57. The quantitative estimate of drug-likeness (QED) is 0.833. The number of oxazole rings is 1. The van der Waals surface area contributed by atoms with Crippen LogP contribution in [0.2, 0.25) is 0 Å². The molecule has 0 amide bonds.